The number of nitrogens with zero attached hydrogens (tertiary/aromatic N) is 1. The fraction of sp³-hybridized carbons (Fsp3) is 0.348. The quantitative estimate of drug-likeness (QED) is 0.237. The fourth-order valence-electron chi connectivity index (χ4n) is 2.68. The molecule has 0 bridgehead atoms. The first-order chi connectivity index (χ1) is 13.6. The molecule has 0 fully saturated rings. The Bertz CT molecular complexity index is 759. The van der Waals surface area contributed by atoms with Gasteiger partial charge in [-0.1, -0.05) is 41.6 Å². The van der Waals surface area contributed by atoms with Gasteiger partial charge in [0.2, 0.25) is 0 Å². The molecule has 0 aliphatic carbocycles. The standard InChI is InChI=1S/C23H29NO4/c1-5-6-12-27-22-14-18(2)23(19(3)15-22)28-17-21-9-7-20(8-10-21)16-26-13-11-24-25-4/h5-11,14-15H,12-13,16-17H2,1-4H3/b6-5+,24-11+. The van der Waals surface area contributed by atoms with Crippen molar-refractivity contribution in [2.24, 2.45) is 5.16 Å². The van der Waals surface area contributed by atoms with Gasteiger partial charge in [-0.15, -0.1) is 0 Å². The van der Waals surface area contributed by atoms with Crippen LogP contribution in [0.25, 0.3) is 0 Å². The van der Waals surface area contributed by atoms with Crippen molar-refractivity contribution in [2.45, 2.75) is 34.0 Å². The third kappa shape index (κ3) is 7.08. The van der Waals surface area contributed by atoms with Crippen molar-refractivity contribution in [3.8, 4) is 11.5 Å². The van der Waals surface area contributed by atoms with Crippen molar-refractivity contribution in [1.82, 2.24) is 0 Å². The highest BCUT2D eigenvalue weighted by molar-refractivity contribution is 5.57. The van der Waals surface area contributed by atoms with E-state index in [-0.39, 0.29) is 0 Å². The summed E-state index contributed by atoms with van der Waals surface area (Å²) in [5.41, 5.74) is 4.35. The molecule has 5 nitrogen and oxygen atoms in total. The number of aryl methyl sites for hydroxylation is 2. The van der Waals surface area contributed by atoms with Crippen LogP contribution in [0.15, 0.2) is 53.7 Å². The summed E-state index contributed by atoms with van der Waals surface area (Å²) in [5, 5.41) is 3.63. The van der Waals surface area contributed by atoms with Gasteiger partial charge >= 0.3 is 0 Å². The number of allylic oxidation sites excluding steroid dienone is 1. The van der Waals surface area contributed by atoms with Gasteiger partial charge in [-0.25, -0.2) is 0 Å². The minimum atomic E-state index is 0.422. The molecule has 2 rings (SSSR count). The molecule has 28 heavy (non-hydrogen) atoms. The second kappa shape index (κ2) is 11.8. The van der Waals surface area contributed by atoms with Gasteiger partial charge in [-0.3, -0.25) is 0 Å². The van der Waals surface area contributed by atoms with Gasteiger partial charge in [0.15, 0.2) is 0 Å². The molecule has 0 aliphatic heterocycles. The lowest BCUT2D eigenvalue weighted by molar-refractivity contribution is 0.154. The van der Waals surface area contributed by atoms with E-state index in [9.17, 15) is 0 Å². The Hall–Kier alpha value is -2.79. The van der Waals surface area contributed by atoms with Crippen LogP contribution >= 0.6 is 0 Å². The number of benzene rings is 2. The lowest BCUT2D eigenvalue weighted by Gasteiger charge is -2.14. The summed E-state index contributed by atoms with van der Waals surface area (Å²) in [6, 6.07) is 12.2. The van der Waals surface area contributed by atoms with E-state index in [1.807, 2.05) is 57.2 Å². The molecule has 0 spiro atoms. The van der Waals surface area contributed by atoms with E-state index in [4.69, 9.17) is 14.2 Å². The summed E-state index contributed by atoms with van der Waals surface area (Å²) >= 11 is 0. The van der Waals surface area contributed by atoms with Crippen LogP contribution in [0.4, 0.5) is 0 Å². The summed E-state index contributed by atoms with van der Waals surface area (Å²) in [4.78, 5) is 4.58. The van der Waals surface area contributed by atoms with Crippen LogP contribution in [0.1, 0.15) is 29.2 Å². The van der Waals surface area contributed by atoms with Crippen LogP contribution in [-0.4, -0.2) is 26.5 Å². The Morgan fingerprint density at radius 1 is 0.893 bits per heavy atom. The van der Waals surface area contributed by atoms with Gasteiger partial charge in [-0.2, -0.15) is 0 Å². The first-order valence-electron chi connectivity index (χ1n) is 9.32. The normalized spacial score (nSPS) is 11.3. The number of ether oxygens (including phenoxy) is 3. The highest BCUT2D eigenvalue weighted by Gasteiger charge is 2.08. The number of hydrogen-bond acceptors (Lipinski definition) is 5. The van der Waals surface area contributed by atoms with Crippen molar-refractivity contribution in [2.75, 3.05) is 20.3 Å². The first-order valence-corrected chi connectivity index (χ1v) is 9.32. The second-order valence-electron chi connectivity index (χ2n) is 6.36. The van der Waals surface area contributed by atoms with Crippen LogP contribution < -0.4 is 9.47 Å². The molecule has 0 aliphatic rings. The molecule has 0 unspecified atom stereocenters. The molecule has 0 saturated carbocycles. The average Bonchev–Trinajstić information content (AvgIpc) is 2.68. The molecule has 0 heterocycles. The highest BCUT2D eigenvalue weighted by Crippen LogP contribution is 2.29. The SMILES string of the molecule is C/C=C/COc1cc(C)c(OCc2ccc(COC/C=N/OC)cc2)c(C)c1. The van der Waals surface area contributed by atoms with Gasteiger partial charge in [0.25, 0.3) is 0 Å². The smallest absolute Gasteiger partial charge is 0.125 e. The largest absolute Gasteiger partial charge is 0.490 e. The van der Waals surface area contributed by atoms with Gasteiger partial charge in [0, 0.05) is 0 Å². The molecule has 0 amide bonds. The summed E-state index contributed by atoms with van der Waals surface area (Å²) in [7, 11) is 1.51. The maximum absolute atomic E-state index is 6.07. The van der Waals surface area contributed by atoms with Crippen molar-refractivity contribution in [1.29, 1.82) is 0 Å². The minimum Gasteiger partial charge on any atom is -0.490 e. The Labute approximate surface area is 167 Å². The van der Waals surface area contributed by atoms with Crippen LogP contribution in [0.3, 0.4) is 0 Å². The Balaban J connectivity index is 1.88. The molecule has 2 aromatic carbocycles. The Morgan fingerprint density at radius 3 is 2.14 bits per heavy atom. The van der Waals surface area contributed by atoms with Gasteiger partial charge < -0.3 is 19.0 Å². The van der Waals surface area contributed by atoms with E-state index in [1.165, 1.54) is 7.11 Å². The van der Waals surface area contributed by atoms with E-state index in [0.29, 0.717) is 26.4 Å². The zero-order valence-electron chi connectivity index (χ0n) is 17.1. The number of oxime groups is 1. The average molecular weight is 383 g/mol. The van der Waals surface area contributed by atoms with E-state index < -0.39 is 0 Å². The molecule has 0 radical (unpaired) electrons. The number of rotatable bonds is 11. The molecule has 0 saturated heterocycles. The Morgan fingerprint density at radius 2 is 1.54 bits per heavy atom. The lowest BCUT2D eigenvalue weighted by Crippen LogP contribution is -2.01. The summed E-state index contributed by atoms with van der Waals surface area (Å²) in [5.74, 6) is 1.77. The van der Waals surface area contributed by atoms with Crippen LogP contribution in [0.5, 0.6) is 11.5 Å². The Kier molecular flexibility index (Phi) is 9.08. The maximum Gasteiger partial charge on any atom is 0.125 e. The minimum absolute atomic E-state index is 0.422. The maximum atomic E-state index is 6.07. The first kappa shape index (κ1) is 21.5. The van der Waals surface area contributed by atoms with Crippen LogP contribution in [0, 0.1) is 13.8 Å². The van der Waals surface area contributed by atoms with E-state index in [2.05, 4.69) is 22.1 Å². The molecule has 150 valence electrons. The van der Waals surface area contributed by atoms with Gasteiger partial charge in [0.05, 0.1) is 19.4 Å². The third-order valence-electron chi connectivity index (χ3n) is 4.06. The van der Waals surface area contributed by atoms with Crippen LogP contribution in [-0.2, 0) is 22.8 Å². The fourth-order valence-corrected chi connectivity index (χ4v) is 2.68. The van der Waals surface area contributed by atoms with Crippen molar-refractivity contribution in [3.63, 3.8) is 0 Å². The molecule has 5 heteroatoms. The van der Waals surface area contributed by atoms with Crippen molar-refractivity contribution >= 4 is 6.21 Å². The monoisotopic (exact) mass is 383 g/mol. The molecule has 0 N–H and O–H groups in total. The van der Waals surface area contributed by atoms with Gasteiger partial charge in [0.1, 0.15) is 31.8 Å². The van der Waals surface area contributed by atoms with Crippen LogP contribution in [0.2, 0.25) is 0 Å². The second-order valence-corrected chi connectivity index (χ2v) is 6.36. The molecule has 0 aromatic heterocycles. The molecular weight excluding hydrogens is 354 g/mol. The van der Waals surface area contributed by atoms with Gasteiger partial charge in [-0.05, 0) is 55.2 Å². The molecule has 2 aromatic rings. The zero-order chi connectivity index (χ0) is 20.2. The predicted octanol–water partition coefficient (Wildman–Crippen LogP) is 4.99. The highest BCUT2D eigenvalue weighted by atomic mass is 16.6. The topological polar surface area (TPSA) is 49.3 Å². The number of hydrogen-bond donors (Lipinski definition) is 0. The molecule has 0 atom stereocenters. The lowest BCUT2D eigenvalue weighted by atomic mass is 10.1. The summed E-state index contributed by atoms with van der Waals surface area (Å²) in [6.45, 7) is 8.10. The summed E-state index contributed by atoms with van der Waals surface area (Å²) in [6.07, 6.45) is 5.55. The molecular formula is C23H29NO4. The summed E-state index contributed by atoms with van der Waals surface area (Å²) < 4.78 is 17.3. The van der Waals surface area contributed by atoms with E-state index in [1.54, 1.807) is 6.21 Å². The zero-order valence-corrected chi connectivity index (χ0v) is 17.1. The van der Waals surface area contributed by atoms with Crippen molar-refractivity contribution in [3.05, 3.63) is 70.8 Å². The van der Waals surface area contributed by atoms with E-state index >= 15 is 0 Å². The van der Waals surface area contributed by atoms with Crippen molar-refractivity contribution < 1.29 is 19.0 Å². The predicted molar refractivity (Wildman–Crippen MR) is 112 cm³/mol. The third-order valence-corrected chi connectivity index (χ3v) is 4.06. The van der Waals surface area contributed by atoms with E-state index in [0.717, 1.165) is 33.8 Å².